The third-order valence-electron chi connectivity index (χ3n) is 2.78. The Morgan fingerprint density at radius 1 is 1.35 bits per heavy atom. The lowest BCUT2D eigenvalue weighted by Gasteiger charge is -2.43. The zero-order valence-corrected chi connectivity index (χ0v) is 8.93. The topological polar surface area (TPSA) is 78.4 Å². The molecule has 2 saturated heterocycles. The molecule has 2 rings (SSSR count). The molecule has 0 aliphatic carbocycles. The van der Waals surface area contributed by atoms with Crippen molar-refractivity contribution >= 4 is 11.9 Å². The van der Waals surface area contributed by atoms with Crippen molar-refractivity contribution in [3.63, 3.8) is 0 Å². The fourth-order valence-electron chi connectivity index (χ4n) is 1.72. The van der Waals surface area contributed by atoms with Crippen LogP contribution in [0.3, 0.4) is 0 Å². The van der Waals surface area contributed by atoms with Crippen LogP contribution in [0.5, 0.6) is 0 Å². The maximum atomic E-state index is 11.1. The summed E-state index contributed by atoms with van der Waals surface area (Å²) in [4.78, 5) is 20.0. The van der Waals surface area contributed by atoms with Crippen LogP contribution in [0.4, 0.5) is 13.2 Å². The van der Waals surface area contributed by atoms with Crippen LogP contribution < -0.4 is 10.6 Å². The number of alkyl halides is 3. The molecule has 0 aromatic rings. The third kappa shape index (κ3) is 3.32. The van der Waals surface area contributed by atoms with Gasteiger partial charge in [-0.3, -0.25) is 4.79 Å². The molecule has 1 spiro atoms. The second-order valence-corrected chi connectivity index (χ2v) is 4.05. The zero-order valence-electron chi connectivity index (χ0n) is 8.93. The number of nitrogens with one attached hydrogen (secondary N) is 2. The lowest BCUT2D eigenvalue weighted by atomic mass is 9.75. The number of hydrogen-bond donors (Lipinski definition) is 3. The van der Waals surface area contributed by atoms with Gasteiger partial charge in [-0.1, -0.05) is 0 Å². The normalized spacial score (nSPS) is 27.6. The maximum absolute atomic E-state index is 11.1. The SMILES string of the molecule is O=C(O)C(F)(F)F.O=C1NCC12CCCNC2. The van der Waals surface area contributed by atoms with Crippen LogP contribution >= 0.6 is 0 Å². The van der Waals surface area contributed by atoms with Crippen LogP contribution in [0, 0.1) is 5.41 Å². The first-order chi connectivity index (χ1) is 7.78. The average Bonchev–Trinajstić information content (AvgIpc) is 2.28. The number of rotatable bonds is 0. The van der Waals surface area contributed by atoms with E-state index in [0.29, 0.717) is 0 Å². The minimum absolute atomic E-state index is 0.00174. The van der Waals surface area contributed by atoms with Gasteiger partial charge in [0.15, 0.2) is 0 Å². The molecule has 17 heavy (non-hydrogen) atoms. The Labute approximate surface area is 95.4 Å². The standard InChI is InChI=1S/C7H12N2O.C2HF3O2/c10-6-7(5-9-6)2-1-3-8-4-7;3-2(4,5)1(6)7/h8H,1-5H2,(H,9,10);(H,6,7). The summed E-state index contributed by atoms with van der Waals surface area (Å²) in [5, 5.41) is 13.2. The highest BCUT2D eigenvalue weighted by Gasteiger charge is 2.46. The van der Waals surface area contributed by atoms with E-state index in [0.717, 1.165) is 32.5 Å². The summed E-state index contributed by atoms with van der Waals surface area (Å²) in [5.41, 5.74) is -0.00174. The predicted octanol–water partition coefficient (Wildman–Crippen LogP) is 0.119. The first kappa shape index (κ1) is 13.8. The van der Waals surface area contributed by atoms with E-state index in [1.54, 1.807) is 0 Å². The Kier molecular flexibility index (Phi) is 3.97. The van der Waals surface area contributed by atoms with Gasteiger partial charge in [-0.05, 0) is 19.4 Å². The van der Waals surface area contributed by atoms with Crippen molar-refractivity contribution in [2.45, 2.75) is 19.0 Å². The average molecular weight is 254 g/mol. The molecule has 2 aliphatic rings. The first-order valence-corrected chi connectivity index (χ1v) is 5.07. The van der Waals surface area contributed by atoms with Crippen LogP contribution in [-0.4, -0.2) is 42.8 Å². The number of carboxylic acid groups (broad SMARTS) is 1. The van der Waals surface area contributed by atoms with Gasteiger partial charge >= 0.3 is 12.1 Å². The number of hydrogen-bond acceptors (Lipinski definition) is 3. The molecular weight excluding hydrogens is 241 g/mol. The smallest absolute Gasteiger partial charge is 0.475 e. The van der Waals surface area contributed by atoms with Crippen LogP contribution in [0.15, 0.2) is 0 Å². The second-order valence-electron chi connectivity index (χ2n) is 4.05. The monoisotopic (exact) mass is 254 g/mol. The van der Waals surface area contributed by atoms with Gasteiger partial charge in [0.1, 0.15) is 0 Å². The number of β-lactam (4-membered cyclic amide) rings is 1. The fourth-order valence-corrected chi connectivity index (χ4v) is 1.72. The van der Waals surface area contributed by atoms with Crippen molar-refractivity contribution in [2.75, 3.05) is 19.6 Å². The lowest BCUT2D eigenvalue weighted by molar-refractivity contribution is -0.192. The summed E-state index contributed by atoms with van der Waals surface area (Å²) in [6, 6.07) is 0. The van der Waals surface area contributed by atoms with Crippen molar-refractivity contribution in [1.29, 1.82) is 0 Å². The van der Waals surface area contributed by atoms with Crippen LogP contribution in [0.2, 0.25) is 0 Å². The zero-order chi connectivity index (χ0) is 13.1. The quantitative estimate of drug-likeness (QED) is 0.536. The Balaban J connectivity index is 0.000000185. The minimum Gasteiger partial charge on any atom is -0.475 e. The van der Waals surface area contributed by atoms with Gasteiger partial charge in [-0.15, -0.1) is 0 Å². The van der Waals surface area contributed by atoms with Gasteiger partial charge < -0.3 is 15.7 Å². The molecule has 2 heterocycles. The number of piperidine rings is 1. The summed E-state index contributed by atoms with van der Waals surface area (Å²) in [7, 11) is 0. The number of carboxylic acids is 1. The van der Waals surface area contributed by atoms with E-state index in [2.05, 4.69) is 10.6 Å². The van der Waals surface area contributed by atoms with Gasteiger partial charge in [0, 0.05) is 13.1 Å². The molecule has 0 saturated carbocycles. The van der Waals surface area contributed by atoms with Crippen LogP contribution in [-0.2, 0) is 9.59 Å². The van der Waals surface area contributed by atoms with Crippen molar-refractivity contribution in [2.24, 2.45) is 5.41 Å². The summed E-state index contributed by atoms with van der Waals surface area (Å²) in [5.74, 6) is -2.51. The Hall–Kier alpha value is -1.31. The highest BCUT2D eigenvalue weighted by Crippen LogP contribution is 2.30. The van der Waals surface area contributed by atoms with Crippen molar-refractivity contribution in [3.8, 4) is 0 Å². The predicted molar refractivity (Wildman–Crippen MR) is 51.2 cm³/mol. The molecule has 0 radical (unpaired) electrons. The van der Waals surface area contributed by atoms with Crippen LogP contribution in [0.1, 0.15) is 12.8 Å². The van der Waals surface area contributed by atoms with Crippen LogP contribution in [0.25, 0.3) is 0 Å². The van der Waals surface area contributed by atoms with E-state index >= 15 is 0 Å². The van der Waals surface area contributed by atoms with E-state index in [-0.39, 0.29) is 11.3 Å². The number of aliphatic carboxylic acids is 1. The first-order valence-electron chi connectivity index (χ1n) is 5.07. The number of carbonyl (C=O) groups excluding carboxylic acids is 1. The molecule has 0 aromatic heterocycles. The molecule has 1 amide bonds. The number of amides is 1. The summed E-state index contributed by atoms with van der Waals surface area (Å²) >= 11 is 0. The summed E-state index contributed by atoms with van der Waals surface area (Å²) in [6.07, 6.45) is -2.86. The fraction of sp³-hybridized carbons (Fsp3) is 0.778. The van der Waals surface area contributed by atoms with Crippen molar-refractivity contribution in [3.05, 3.63) is 0 Å². The molecule has 98 valence electrons. The molecule has 2 fully saturated rings. The lowest BCUT2D eigenvalue weighted by Crippen LogP contribution is -2.64. The maximum Gasteiger partial charge on any atom is 0.490 e. The van der Waals surface area contributed by atoms with E-state index in [1.807, 2.05) is 0 Å². The molecular formula is C9H13F3N2O3. The largest absolute Gasteiger partial charge is 0.490 e. The molecule has 2 aliphatic heterocycles. The molecule has 0 aromatic carbocycles. The van der Waals surface area contributed by atoms with Crippen molar-refractivity contribution in [1.82, 2.24) is 10.6 Å². The van der Waals surface area contributed by atoms with Gasteiger partial charge in [0.2, 0.25) is 5.91 Å². The van der Waals surface area contributed by atoms with Gasteiger partial charge in [-0.2, -0.15) is 13.2 Å². The molecule has 5 nitrogen and oxygen atoms in total. The molecule has 8 heteroatoms. The molecule has 0 bridgehead atoms. The second kappa shape index (κ2) is 4.91. The highest BCUT2D eigenvalue weighted by molar-refractivity contribution is 5.89. The Morgan fingerprint density at radius 2 is 1.94 bits per heavy atom. The van der Waals surface area contributed by atoms with Gasteiger partial charge in [-0.25, -0.2) is 4.79 Å². The molecule has 1 unspecified atom stereocenters. The van der Waals surface area contributed by atoms with E-state index < -0.39 is 12.1 Å². The summed E-state index contributed by atoms with van der Waals surface area (Å²) in [6.45, 7) is 2.85. The third-order valence-corrected chi connectivity index (χ3v) is 2.78. The van der Waals surface area contributed by atoms with E-state index in [9.17, 15) is 18.0 Å². The summed E-state index contributed by atoms with van der Waals surface area (Å²) < 4.78 is 31.7. The van der Waals surface area contributed by atoms with E-state index in [1.165, 1.54) is 0 Å². The number of carbonyl (C=O) groups is 2. The van der Waals surface area contributed by atoms with Gasteiger partial charge in [0.25, 0.3) is 0 Å². The molecule has 3 N–H and O–H groups in total. The minimum atomic E-state index is -5.08. The Morgan fingerprint density at radius 3 is 2.12 bits per heavy atom. The molecule has 1 atom stereocenters. The van der Waals surface area contributed by atoms with Gasteiger partial charge in [0.05, 0.1) is 5.41 Å². The Bertz CT molecular complexity index is 311. The number of halogens is 3. The van der Waals surface area contributed by atoms with Crippen molar-refractivity contribution < 1.29 is 27.9 Å². The van der Waals surface area contributed by atoms with E-state index in [4.69, 9.17) is 9.90 Å². The highest BCUT2D eigenvalue weighted by atomic mass is 19.4.